The maximum absolute atomic E-state index is 2.31. The summed E-state index contributed by atoms with van der Waals surface area (Å²) < 4.78 is 0. The molecule has 0 aliphatic heterocycles. The highest BCUT2D eigenvalue weighted by molar-refractivity contribution is 6.12. The summed E-state index contributed by atoms with van der Waals surface area (Å²) in [5.74, 6) is 0. The van der Waals surface area contributed by atoms with E-state index in [2.05, 4.69) is 231 Å². The third-order valence-electron chi connectivity index (χ3n) is 11.1. The molecule has 0 saturated carbocycles. The van der Waals surface area contributed by atoms with Crippen molar-refractivity contribution >= 4 is 21.5 Å². The summed E-state index contributed by atoms with van der Waals surface area (Å²) in [5, 5.41) is 5.02. The van der Waals surface area contributed by atoms with Crippen molar-refractivity contribution in [2.75, 3.05) is 0 Å². The molecule has 0 heteroatoms. The second kappa shape index (κ2) is 14.5. The van der Waals surface area contributed by atoms with E-state index in [4.69, 9.17) is 0 Å². The molecule has 0 amide bonds. The smallest absolute Gasteiger partial charge is 0.00987 e. The first-order chi connectivity index (χ1) is 27.8. The average molecular weight is 711 g/mol. The third kappa shape index (κ3) is 6.28. The Hall–Kier alpha value is -7.28. The minimum absolute atomic E-state index is 1.21. The van der Waals surface area contributed by atoms with Crippen LogP contribution in [-0.2, 0) is 0 Å². The van der Waals surface area contributed by atoms with E-state index in [0.717, 1.165) is 0 Å². The molecule has 0 aromatic heterocycles. The van der Waals surface area contributed by atoms with Crippen LogP contribution in [0, 0.1) is 0 Å². The Morgan fingerprint density at radius 3 is 0.750 bits per heavy atom. The Morgan fingerprint density at radius 2 is 0.393 bits per heavy atom. The van der Waals surface area contributed by atoms with Gasteiger partial charge in [-0.1, -0.05) is 218 Å². The first kappa shape index (κ1) is 33.3. The van der Waals surface area contributed by atoms with Crippen LogP contribution >= 0.6 is 0 Å². The summed E-state index contributed by atoms with van der Waals surface area (Å²) in [4.78, 5) is 0. The fraction of sp³-hybridized carbons (Fsp3) is 0. The minimum atomic E-state index is 1.21. The molecule has 56 heavy (non-hydrogen) atoms. The van der Waals surface area contributed by atoms with Gasteiger partial charge in [-0.3, -0.25) is 0 Å². The van der Waals surface area contributed by atoms with Gasteiger partial charge in [0.25, 0.3) is 0 Å². The van der Waals surface area contributed by atoms with Crippen LogP contribution in [0.2, 0.25) is 0 Å². The van der Waals surface area contributed by atoms with E-state index >= 15 is 0 Å². The van der Waals surface area contributed by atoms with Crippen molar-refractivity contribution in [2.45, 2.75) is 0 Å². The molecule has 10 rings (SSSR count). The Balaban J connectivity index is 0.980. The van der Waals surface area contributed by atoms with Gasteiger partial charge in [-0.2, -0.15) is 0 Å². The van der Waals surface area contributed by atoms with Crippen LogP contribution in [0.15, 0.2) is 231 Å². The van der Waals surface area contributed by atoms with E-state index in [0.29, 0.717) is 0 Å². The van der Waals surface area contributed by atoms with E-state index in [1.807, 2.05) is 0 Å². The summed E-state index contributed by atoms with van der Waals surface area (Å²) in [7, 11) is 0. The van der Waals surface area contributed by atoms with Gasteiger partial charge in [-0.05, 0) is 112 Å². The van der Waals surface area contributed by atoms with Crippen LogP contribution in [0.4, 0.5) is 0 Å². The van der Waals surface area contributed by atoms with Gasteiger partial charge in [-0.25, -0.2) is 0 Å². The van der Waals surface area contributed by atoms with Gasteiger partial charge < -0.3 is 0 Å². The van der Waals surface area contributed by atoms with E-state index < -0.39 is 0 Å². The highest BCUT2D eigenvalue weighted by Gasteiger charge is 2.15. The van der Waals surface area contributed by atoms with Crippen molar-refractivity contribution in [3.63, 3.8) is 0 Å². The predicted molar refractivity (Wildman–Crippen MR) is 240 cm³/mol. The molecule has 0 aliphatic carbocycles. The lowest BCUT2D eigenvalue weighted by molar-refractivity contribution is 1.58. The molecule has 0 radical (unpaired) electrons. The van der Waals surface area contributed by atoms with Crippen molar-refractivity contribution in [1.29, 1.82) is 0 Å². The molecule has 0 fully saturated rings. The van der Waals surface area contributed by atoms with Gasteiger partial charge in [0, 0.05) is 0 Å². The molecule has 0 saturated heterocycles. The zero-order valence-corrected chi connectivity index (χ0v) is 30.9. The van der Waals surface area contributed by atoms with Crippen LogP contribution in [0.1, 0.15) is 0 Å². The molecule has 0 aliphatic rings. The van der Waals surface area contributed by atoms with Crippen molar-refractivity contribution in [3.8, 4) is 77.9 Å². The molecule has 0 atom stereocenters. The van der Waals surface area contributed by atoms with Crippen LogP contribution in [0.5, 0.6) is 0 Å². The lowest BCUT2D eigenvalue weighted by Crippen LogP contribution is -1.89. The Kier molecular flexibility index (Phi) is 8.63. The Labute approximate surface area is 328 Å². The monoisotopic (exact) mass is 710 g/mol. The second-order valence-electron chi connectivity index (χ2n) is 14.5. The molecule has 0 unspecified atom stereocenters. The van der Waals surface area contributed by atoms with E-state index in [-0.39, 0.29) is 0 Å². The molecular weight excluding hydrogens is 673 g/mol. The van der Waals surface area contributed by atoms with Crippen molar-refractivity contribution in [3.05, 3.63) is 231 Å². The Morgan fingerprint density at radius 1 is 0.143 bits per heavy atom. The molecule has 0 nitrogen and oxygen atoms in total. The lowest BCUT2D eigenvalue weighted by atomic mass is 9.87. The molecule has 10 aromatic carbocycles. The fourth-order valence-corrected chi connectivity index (χ4v) is 8.27. The first-order valence-electron chi connectivity index (χ1n) is 19.3. The minimum Gasteiger partial charge on any atom is -0.0622 e. The molecule has 10 aromatic rings. The Bertz CT molecular complexity index is 2770. The fourth-order valence-electron chi connectivity index (χ4n) is 8.27. The van der Waals surface area contributed by atoms with E-state index in [1.54, 1.807) is 0 Å². The van der Waals surface area contributed by atoms with Gasteiger partial charge in [-0.15, -0.1) is 0 Å². The topological polar surface area (TPSA) is 0 Å². The molecular formula is C56H38. The summed E-state index contributed by atoms with van der Waals surface area (Å²) in [6.45, 7) is 0. The lowest BCUT2D eigenvalue weighted by Gasteiger charge is -2.16. The number of fused-ring (bicyclic) bond motifs is 2. The van der Waals surface area contributed by atoms with Crippen LogP contribution in [-0.4, -0.2) is 0 Å². The number of benzene rings is 10. The van der Waals surface area contributed by atoms with Crippen LogP contribution in [0.25, 0.3) is 99.4 Å². The zero-order valence-electron chi connectivity index (χ0n) is 30.9. The quantitative estimate of drug-likeness (QED) is 0.154. The molecule has 0 N–H and O–H groups in total. The van der Waals surface area contributed by atoms with Crippen LogP contribution < -0.4 is 0 Å². The highest BCUT2D eigenvalue weighted by Crippen LogP contribution is 2.41. The van der Waals surface area contributed by atoms with Crippen molar-refractivity contribution < 1.29 is 0 Å². The molecule has 0 heterocycles. The third-order valence-corrected chi connectivity index (χ3v) is 11.1. The largest absolute Gasteiger partial charge is 0.0622 e. The second-order valence-corrected chi connectivity index (χ2v) is 14.5. The van der Waals surface area contributed by atoms with Crippen LogP contribution in [0.3, 0.4) is 0 Å². The van der Waals surface area contributed by atoms with E-state index in [9.17, 15) is 0 Å². The van der Waals surface area contributed by atoms with Crippen molar-refractivity contribution in [1.82, 2.24) is 0 Å². The average Bonchev–Trinajstić information content (AvgIpc) is 3.29. The van der Waals surface area contributed by atoms with Gasteiger partial charge in [0.2, 0.25) is 0 Å². The molecule has 0 spiro atoms. The number of hydrogen-bond donors (Lipinski definition) is 0. The predicted octanol–water partition coefficient (Wildman–Crippen LogP) is 15.7. The maximum atomic E-state index is 2.31. The summed E-state index contributed by atoms with van der Waals surface area (Å²) >= 11 is 0. The summed E-state index contributed by atoms with van der Waals surface area (Å²) in [5.41, 5.74) is 17.2. The van der Waals surface area contributed by atoms with Crippen molar-refractivity contribution in [2.24, 2.45) is 0 Å². The first-order valence-corrected chi connectivity index (χ1v) is 19.3. The zero-order chi connectivity index (χ0) is 37.3. The van der Waals surface area contributed by atoms with E-state index in [1.165, 1.54) is 99.4 Å². The number of rotatable bonds is 7. The van der Waals surface area contributed by atoms with Gasteiger partial charge in [0.15, 0.2) is 0 Å². The summed E-state index contributed by atoms with van der Waals surface area (Å²) in [6.07, 6.45) is 0. The summed E-state index contributed by atoms with van der Waals surface area (Å²) in [6, 6.07) is 83.8. The normalized spacial score (nSPS) is 11.2. The van der Waals surface area contributed by atoms with Gasteiger partial charge in [0.1, 0.15) is 0 Å². The maximum Gasteiger partial charge on any atom is -0.00987 e. The SMILES string of the molecule is c1ccc(-c2cccc(-c3ccc(-c4ccc(-c5ccc(-c6ccc(-c7cccc(-c8ccccc8)c7)cc6)c6ccccc56)c5ccccc45)cc3)c2)cc1. The standard InChI is InChI=1S/C56H38/c1-3-13-39(14-4-1)45-17-11-19-47(37-45)41-25-29-43(30-26-41)49-33-35-55(53-23-9-7-21-51(49)53)56-36-34-50(52-22-8-10-24-54(52)56)44-31-27-42(28-32-44)48-20-12-18-46(38-48)40-15-5-2-6-16-40/h1-38H. The molecule has 262 valence electrons. The van der Waals surface area contributed by atoms with Gasteiger partial charge >= 0.3 is 0 Å². The molecule has 0 bridgehead atoms. The highest BCUT2D eigenvalue weighted by atomic mass is 14.2. The van der Waals surface area contributed by atoms with Gasteiger partial charge in [0.05, 0.1) is 0 Å². The number of hydrogen-bond acceptors (Lipinski definition) is 0.